The van der Waals surface area contributed by atoms with E-state index in [0.717, 1.165) is 50.1 Å². The average molecular weight is 378 g/mol. The van der Waals surface area contributed by atoms with Gasteiger partial charge in [0.15, 0.2) is 5.96 Å². The summed E-state index contributed by atoms with van der Waals surface area (Å²) in [5, 5.41) is 9.66. The topological polar surface area (TPSA) is 60.8 Å². The second-order valence-electron chi connectivity index (χ2n) is 7.15. The number of aliphatic imine (C=N–C) groups is 2. The third kappa shape index (κ3) is 6.41. The molecular formula is C23H31N5. The van der Waals surface area contributed by atoms with Gasteiger partial charge < -0.3 is 16.0 Å². The maximum Gasteiger partial charge on any atom is 0.195 e. The van der Waals surface area contributed by atoms with Gasteiger partial charge in [-0.1, -0.05) is 55.3 Å². The molecule has 2 aromatic carbocycles. The van der Waals surface area contributed by atoms with Crippen LogP contribution in [0.1, 0.15) is 30.0 Å². The Hall–Kier alpha value is -2.82. The summed E-state index contributed by atoms with van der Waals surface area (Å²) in [6.07, 6.45) is 3.35. The molecule has 0 aromatic heterocycles. The molecule has 2 aliphatic rings. The van der Waals surface area contributed by atoms with Crippen molar-refractivity contribution >= 4 is 17.5 Å². The fraction of sp³-hybridized carbons (Fsp3) is 0.391. The van der Waals surface area contributed by atoms with Crippen molar-refractivity contribution in [2.45, 2.75) is 33.1 Å². The van der Waals surface area contributed by atoms with Crippen LogP contribution in [0.4, 0.5) is 5.69 Å². The molecule has 0 aliphatic carbocycles. The van der Waals surface area contributed by atoms with Crippen molar-refractivity contribution in [3.63, 3.8) is 0 Å². The molecule has 0 saturated heterocycles. The van der Waals surface area contributed by atoms with Crippen LogP contribution in [0.3, 0.4) is 0 Å². The molecule has 2 aromatic rings. The smallest absolute Gasteiger partial charge is 0.195 e. The minimum atomic E-state index is 0.869. The van der Waals surface area contributed by atoms with Gasteiger partial charge >= 0.3 is 0 Å². The maximum atomic E-state index is 4.40. The molecule has 5 nitrogen and oxygen atoms in total. The van der Waals surface area contributed by atoms with Gasteiger partial charge in [-0.15, -0.1) is 0 Å². The zero-order valence-corrected chi connectivity index (χ0v) is 17.0. The number of rotatable bonds is 5. The third-order valence-corrected chi connectivity index (χ3v) is 4.67. The van der Waals surface area contributed by atoms with Crippen molar-refractivity contribution in [1.82, 2.24) is 10.6 Å². The van der Waals surface area contributed by atoms with E-state index < -0.39 is 0 Å². The fourth-order valence-electron chi connectivity index (χ4n) is 3.13. The fourth-order valence-corrected chi connectivity index (χ4v) is 3.13. The molecule has 0 atom stereocenters. The Labute approximate surface area is 168 Å². The van der Waals surface area contributed by atoms with E-state index >= 15 is 0 Å². The number of hydrogen-bond donors (Lipinski definition) is 3. The first-order valence-corrected chi connectivity index (χ1v) is 10.2. The van der Waals surface area contributed by atoms with Crippen molar-refractivity contribution in [3.8, 4) is 0 Å². The minimum Gasteiger partial charge on any atom is -0.372 e. The molecule has 0 amide bonds. The molecule has 0 unspecified atom stereocenters. The van der Waals surface area contributed by atoms with Gasteiger partial charge in [-0.05, 0) is 36.6 Å². The second kappa shape index (κ2) is 10.5. The molecule has 28 heavy (non-hydrogen) atoms. The number of aryl methyl sites for hydroxylation is 2. The van der Waals surface area contributed by atoms with Crippen LogP contribution in [-0.2, 0) is 12.8 Å². The van der Waals surface area contributed by atoms with Crippen LogP contribution in [-0.4, -0.2) is 38.0 Å². The summed E-state index contributed by atoms with van der Waals surface area (Å²) in [5.74, 6) is 2.02. The standard InChI is InChI=1S/C13H18N2.C10H13N3/c1-2-3-11-4-6-12(7-5-11)10-13-14-8-9-15-13;1-8-2-4-9(5-3-8)13-10-11-6-7-12-10/h4-7H,2-3,8-10H2,1H3,(H,14,15);2-5H,6-7H2,1H3,(H2,11,12,13). The highest BCUT2D eigenvalue weighted by Gasteiger charge is 2.05. The van der Waals surface area contributed by atoms with Crippen molar-refractivity contribution in [2.75, 3.05) is 31.5 Å². The molecule has 148 valence electrons. The van der Waals surface area contributed by atoms with Crippen LogP contribution >= 0.6 is 0 Å². The van der Waals surface area contributed by atoms with E-state index in [0.29, 0.717) is 0 Å². The van der Waals surface area contributed by atoms with E-state index in [4.69, 9.17) is 0 Å². The second-order valence-corrected chi connectivity index (χ2v) is 7.15. The van der Waals surface area contributed by atoms with Gasteiger partial charge in [0, 0.05) is 25.2 Å². The number of nitrogens with one attached hydrogen (secondary N) is 3. The van der Waals surface area contributed by atoms with Crippen molar-refractivity contribution in [1.29, 1.82) is 0 Å². The van der Waals surface area contributed by atoms with Crippen LogP contribution in [0.15, 0.2) is 58.5 Å². The van der Waals surface area contributed by atoms with Crippen LogP contribution in [0.25, 0.3) is 0 Å². The zero-order valence-electron chi connectivity index (χ0n) is 17.0. The first kappa shape index (κ1) is 19.9. The highest BCUT2D eigenvalue weighted by atomic mass is 15.2. The normalized spacial score (nSPS) is 14.9. The SMILES string of the molecule is CCCc1ccc(CC2=NCCN2)cc1.Cc1ccc(NC2=NCCN2)cc1. The lowest BCUT2D eigenvalue weighted by Crippen LogP contribution is -2.26. The van der Waals surface area contributed by atoms with Gasteiger partial charge in [0.05, 0.1) is 13.1 Å². The molecule has 3 N–H and O–H groups in total. The Kier molecular flexibility index (Phi) is 7.47. The van der Waals surface area contributed by atoms with E-state index in [1.54, 1.807) is 0 Å². The van der Waals surface area contributed by atoms with E-state index in [-0.39, 0.29) is 0 Å². The Balaban J connectivity index is 0.000000162. The van der Waals surface area contributed by atoms with E-state index in [9.17, 15) is 0 Å². The van der Waals surface area contributed by atoms with E-state index in [1.165, 1.54) is 29.5 Å². The van der Waals surface area contributed by atoms with E-state index in [2.05, 4.69) is 88.3 Å². The summed E-state index contributed by atoms with van der Waals surface area (Å²) in [4.78, 5) is 8.64. The monoisotopic (exact) mass is 377 g/mol. The van der Waals surface area contributed by atoms with Crippen molar-refractivity contribution in [3.05, 3.63) is 65.2 Å². The molecule has 2 heterocycles. The van der Waals surface area contributed by atoms with Crippen LogP contribution in [0.5, 0.6) is 0 Å². The number of hydrogen-bond acceptors (Lipinski definition) is 5. The van der Waals surface area contributed by atoms with Gasteiger partial charge in [0.2, 0.25) is 0 Å². The van der Waals surface area contributed by atoms with Crippen LogP contribution < -0.4 is 16.0 Å². The summed E-state index contributed by atoms with van der Waals surface area (Å²) in [5.41, 5.74) is 5.14. The number of nitrogens with zero attached hydrogens (tertiary/aromatic N) is 2. The predicted molar refractivity (Wildman–Crippen MR) is 120 cm³/mol. The Morgan fingerprint density at radius 3 is 2.14 bits per heavy atom. The maximum absolute atomic E-state index is 4.40. The lowest BCUT2D eigenvalue weighted by molar-refractivity contribution is 0.920. The quantitative estimate of drug-likeness (QED) is 0.747. The first-order chi connectivity index (χ1) is 13.7. The first-order valence-electron chi connectivity index (χ1n) is 10.2. The molecule has 4 rings (SSSR count). The largest absolute Gasteiger partial charge is 0.372 e. The summed E-state index contributed by atoms with van der Waals surface area (Å²) in [6, 6.07) is 17.2. The minimum absolute atomic E-state index is 0.869. The average Bonchev–Trinajstić information content (AvgIpc) is 3.40. The molecule has 0 bridgehead atoms. The molecule has 0 spiro atoms. The number of anilines is 1. The van der Waals surface area contributed by atoms with Crippen LogP contribution in [0.2, 0.25) is 0 Å². The summed E-state index contributed by atoms with van der Waals surface area (Å²) in [6.45, 7) is 8.04. The summed E-state index contributed by atoms with van der Waals surface area (Å²) >= 11 is 0. The highest BCUT2D eigenvalue weighted by Crippen LogP contribution is 2.09. The van der Waals surface area contributed by atoms with Crippen LogP contribution in [0, 0.1) is 6.92 Å². The Morgan fingerprint density at radius 2 is 1.54 bits per heavy atom. The zero-order chi connectivity index (χ0) is 19.6. The number of benzene rings is 2. The molecule has 0 fully saturated rings. The number of amidine groups is 1. The molecule has 0 saturated carbocycles. The van der Waals surface area contributed by atoms with Gasteiger partial charge in [-0.3, -0.25) is 9.98 Å². The molecule has 0 radical (unpaired) electrons. The highest BCUT2D eigenvalue weighted by molar-refractivity contribution is 5.94. The third-order valence-electron chi connectivity index (χ3n) is 4.67. The van der Waals surface area contributed by atoms with Gasteiger partial charge in [0.25, 0.3) is 0 Å². The predicted octanol–water partition coefficient (Wildman–Crippen LogP) is 3.55. The lowest BCUT2D eigenvalue weighted by Gasteiger charge is -2.05. The summed E-state index contributed by atoms with van der Waals surface area (Å²) < 4.78 is 0. The molecule has 5 heteroatoms. The van der Waals surface area contributed by atoms with E-state index in [1.807, 2.05) is 0 Å². The van der Waals surface area contributed by atoms with Gasteiger partial charge in [-0.2, -0.15) is 0 Å². The summed E-state index contributed by atoms with van der Waals surface area (Å²) in [7, 11) is 0. The van der Waals surface area contributed by atoms with Crippen molar-refractivity contribution < 1.29 is 0 Å². The Morgan fingerprint density at radius 1 is 0.857 bits per heavy atom. The Bertz CT molecular complexity index is 791. The lowest BCUT2D eigenvalue weighted by atomic mass is 10.1. The van der Waals surface area contributed by atoms with Gasteiger partial charge in [-0.25, -0.2) is 0 Å². The molecule has 2 aliphatic heterocycles. The number of guanidine groups is 1. The van der Waals surface area contributed by atoms with Crippen molar-refractivity contribution in [2.24, 2.45) is 9.98 Å². The van der Waals surface area contributed by atoms with Gasteiger partial charge in [0.1, 0.15) is 5.84 Å². The molecular weight excluding hydrogens is 346 g/mol.